The van der Waals surface area contributed by atoms with Crippen LogP contribution in [0.3, 0.4) is 0 Å². The maximum absolute atomic E-state index is 12.2. The van der Waals surface area contributed by atoms with Gasteiger partial charge in [-0.1, -0.05) is 36.2 Å². The van der Waals surface area contributed by atoms with Crippen molar-refractivity contribution in [3.05, 3.63) is 52.0 Å². The average Bonchev–Trinajstić information content (AvgIpc) is 3.23. The van der Waals surface area contributed by atoms with E-state index in [4.69, 9.17) is 10.3 Å². The summed E-state index contributed by atoms with van der Waals surface area (Å²) < 4.78 is 6.74. The summed E-state index contributed by atoms with van der Waals surface area (Å²) >= 11 is 0. The van der Waals surface area contributed by atoms with Gasteiger partial charge in [-0.15, -0.1) is 12.4 Å². The van der Waals surface area contributed by atoms with E-state index >= 15 is 0 Å². The van der Waals surface area contributed by atoms with Crippen molar-refractivity contribution in [2.75, 3.05) is 0 Å². The summed E-state index contributed by atoms with van der Waals surface area (Å²) in [5, 5.41) is 9.89. The van der Waals surface area contributed by atoms with Crippen LogP contribution in [0.15, 0.2) is 33.6 Å². The lowest BCUT2D eigenvalue weighted by atomic mass is 9.99. The molecule has 2 aromatic heterocycles. The second kappa shape index (κ2) is 6.57. The Morgan fingerprint density at radius 3 is 2.64 bits per heavy atom. The zero-order chi connectivity index (χ0) is 16.7. The first kappa shape index (κ1) is 17.6. The van der Waals surface area contributed by atoms with E-state index in [2.05, 4.69) is 15.2 Å². The first-order chi connectivity index (χ1) is 11.6. The van der Waals surface area contributed by atoms with Gasteiger partial charge in [-0.2, -0.15) is 10.1 Å². The van der Waals surface area contributed by atoms with Gasteiger partial charge in [0.1, 0.15) is 0 Å². The zero-order valence-electron chi connectivity index (χ0n) is 13.9. The van der Waals surface area contributed by atoms with Crippen LogP contribution in [0.2, 0.25) is 0 Å². The highest BCUT2D eigenvalue weighted by Crippen LogP contribution is 2.34. The molecule has 0 unspecified atom stereocenters. The molecule has 0 aliphatic heterocycles. The first-order valence-corrected chi connectivity index (χ1v) is 8.14. The van der Waals surface area contributed by atoms with Gasteiger partial charge in [0.25, 0.3) is 5.56 Å². The number of halogens is 1. The van der Waals surface area contributed by atoms with Crippen LogP contribution < -0.4 is 11.3 Å². The average molecular weight is 362 g/mol. The van der Waals surface area contributed by atoms with Crippen molar-refractivity contribution in [1.29, 1.82) is 0 Å². The second-order valence-corrected chi connectivity index (χ2v) is 6.47. The molecule has 1 aliphatic rings. The summed E-state index contributed by atoms with van der Waals surface area (Å²) in [5.41, 5.74) is 6.52. The Kier molecular flexibility index (Phi) is 4.62. The van der Waals surface area contributed by atoms with Crippen LogP contribution >= 0.6 is 12.4 Å². The molecule has 2 N–H and O–H groups in total. The Morgan fingerprint density at radius 2 is 1.92 bits per heavy atom. The number of aromatic nitrogens is 4. The highest BCUT2D eigenvalue weighted by Gasteiger charge is 2.36. The standard InChI is InChI=1S/C17H19N5O2.ClH/c1-22-15(23)12-7-3-2-6-11(12)13(20-22)10-14-19-16(21-24-14)17(18)8-4-5-9-17;/h2-3,6-7H,4-5,8-10,18H2,1H3;1H. The maximum Gasteiger partial charge on any atom is 0.274 e. The van der Waals surface area contributed by atoms with Crippen molar-refractivity contribution in [3.63, 3.8) is 0 Å². The first-order valence-electron chi connectivity index (χ1n) is 8.14. The smallest absolute Gasteiger partial charge is 0.274 e. The maximum atomic E-state index is 12.2. The van der Waals surface area contributed by atoms with E-state index in [1.807, 2.05) is 18.2 Å². The summed E-state index contributed by atoms with van der Waals surface area (Å²) in [5.74, 6) is 1.04. The number of benzene rings is 1. The van der Waals surface area contributed by atoms with Gasteiger partial charge in [-0.3, -0.25) is 4.79 Å². The summed E-state index contributed by atoms with van der Waals surface area (Å²) in [4.78, 5) is 16.7. The summed E-state index contributed by atoms with van der Waals surface area (Å²) in [6.45, 7) is 0. The highest BCUT2D eigenvalue weighted by molar-refractivity contribution is 5.85. The lowest BCUT2D eigenvalue weighted by Crippen LogP contribution is -2.34. The molecule has 0 atom stereocenters. The molecule has 25 heavy (non-hydrogen) atoms. The second-order valence-electron chi connectivity index (χ2n) is 6.47. The number of rotatable bonds is 3. The van der Waals surface area contributed by atoms with E-state index < -0.39 is 5.54 Å². The Hall–Kier alpha value is -2.25. The van der Waals surface area contributed by atoms with Gasteiger partial charge in [-0.25, -0.2) is 4.68 Å². The van der Waals surface area contributed by atoms with Crippen molar-refractivity contribution >= 4 is 23.2 Å². The van der Waals surface area contributed by atoms with Crippen molar-refractivity contribution < 1.29 is 4.52 Å². The summed E-state index contributed by atoms with van der Waals surface area (Å²) in [6, 6.07) is 7.42. The Balaban J connectivity index is 0.00000182. The van der Waals surface area contributed by atoms with Gasteiger partial charge >= 0.3 is 0 Å². The van der Waals surface area contributed by atoms with E-state index in [1.54, 1.807) is 13.1 Å². The fourth-order valence-corrected chi connectivity index (χ4v) is 3.41. The zero-order valence-corrected chi connectivity index (χ0v) is 14.8. The summed E-state index contributed by atoms with van der Waals surface area (Å²) in [6.07, 6.45) is 4.32. The van der Waals surface area contributed by atoms with Gasteiger partial charge < -0.3 is 10.3 Å². The van der Waals surface area contributed by atoms with Crippen molar-refractivity contribution in [1.82, 2.24) is 19.9 Å². The fourth-order valence-electron chi connectivity index (χ4n) is 3.41. The quantitative estimate of drug-likeness (QED) is 0.766. The molecule has 132 valence electrons. The number of nitrogens with two attached hydrogens (primary N) is 1. The monoisotopic (exact) mass is 361 g/mol. The SMILES string of the molecule is Cl.Cn1nc(Cc2nc(C3(N)CCCC3)no2)c2ccccc2c1=O. The molecule has 8 heteroatoms. The van der Waals surface area contributed by atoms with Gasteiger partial charge in [0.05, 0.1) is 23.0 Å². The molecule has 2 heterocycles. The van der Waals surface area contributed by atoms with E-state index in [1.165, 1.54) is 4.68 Å². The molecular weight excluding hydrogens is 342 g/mol. The van der Waals surface area contributed by atoms with Crippen molar-refractivity contribution in [2.24, 2.45) is 12.8 Å². The molecule has 1 saturated carbocycles. The molecule has 4 rings (SSSR count). The molecule has 0 bridgehead atoms. The Bertz CT molecular complexity index is 959. The molecule has 0 amide bonds. The fraction of sp³-hybridized carbons (Fsp3) is 0.412. The van der Waals surface area contributed by atoms with Gasteiger partial charge in [0, 0.05) is 12.4 Å². The predicted molar refractivity (Wildman–Crippen MR) is 95.7 cm³/mol. The van der Waals surface area contributed by atoms with Gasteiger partial charge in [0.15, 0.2) is 5.82 Å². The van der Waals surface area contributed by atoms with Gasteiger partial charge in [-0.05, 0) is 18.9 Å². The molecule has 1 aliphatic carbocycles. The van der Waals surface area contributed by atoms with Crippen LogP contribution in [0.5, 0.6) is 0 Å². The van der Waals surface area contributed by atoms with Crippen LogP contribution in [0.1, 0.15) is 43.1 Å². The lowest BCUT2D eigenvalue weighted by molar-refractivity contribution is 0.351. The third-order valence-electron chi connectivity index (χ3n) is 4.76. The molecule has 3 aromatic rings. The number of hydrogen-bond acceptors (Lipinski definition) is 6. The predicted octanol–water partition coefficient (Wildman–Crippen LogP) is 2.06. The number of aryl methyl sites for hydroxylation is 1. The molecule has 1 aromatic carbocycles. The molecule has 0 saturated heterocycles. The summed E-state index contributed by atoms with van der Waals surface area (Å²) in [7, 11) is 1.64. The molecular formula is C17H20ClN5O2. The topological polar surface area (TPSA) is 99.8 Å². The lowest BCUT2D eigenvalue weighted by Gasteiger charge is -2.17. The Labute approximate surface area is 150 Å². The molecule has 0 radical (unpaired) electrons. The van der Waals surface area contributed by atoms with Crippen LogP contribution in [0.4, 0.5) is 0 Å². The Morgan fingerprint density at radius 1 is 1.24 bits per heavy atom. The minimum atomic E-state index is -0.471. The largest absolute Gasteiger partial charge is 0.339 e. The van der Waals surface area contributed by atoms with E-state index in [0.29, 0.717) is 23.5 Å². The van der Waals surface area contributed by atoms with E-state index in [0.717, 1.165) is 36.8 Å². The number of nitrogens with zero attached hydrogens (tertiary/aromatic N) is 4. The highest BCUT2D eigenvalue weighted by atomic mass is 35.5. The van der Waals surface area contributed by atoms with Crippen LogP contribution in [-0.4, -0.2) is 19.9 Å². The minimum Gasteiger partial charge on any atom is -0.339 e. The van der Waals surface area contributed by atoms with Crippen molar-refractivity contribution in [2.45, 2.75) is 37.6 Å². The third-order valence-corrected chi connectivity index (χ3v) is 4.76. The van der Waals surface area contributed by atoms with Crippen LogP contribution in [0.25, 0.3) is 10.8 Å². The van der Waals surface area contributed by atoms with E-state index in [-0.39, 0.29) is 18.0 Å². The number of hydrogen-bond donors (Lipinski definition) is 1. The minimum absolute atomic E-state index is 0. The normalized spacial score (nSPS) is 16.1. The number of fused-ring (bicyclic) bond motifs is 1. The molecule has 0 spiro atoms. The molecule has 7 nitrogen and oxygen atoms in total. The van der Waals surface area contributed by atoms with E-state index in [9.17, 15) is 4.79 Å². The van der Waals surface area contributed by atoms with Crippen LogP contribution in [0, 0.1) is 0 Å². The third kappa shape index (κ3) is 3.05. The molecule has 1 fully saturated rings. The van der Waals surface area contributed by atoms with Gasteiger partial charge in [0.2, 0.25) is 5.89 Å². The van der Waals surface area contributed by atoms with Crippen LogP contribution in [-0.2, 0) is 19.0 Å². The van der Waals surface area contributed by atoms with Crippen molar-refractivity contribution in [3.8, 4) is 0 Å².